The molecule has 0 amide bonds. The molecule has 4 rings (SSSR count). The molecule has 0 atom stereocenters. The summed E-state index contributed by atoms with van der Waals surface area (Å²) in [4.78, 5) is 8.92. The van der Waals surface area contributed by atoms with E-state index in [1.807, 2.05) is 60.0 Å². The number of nitrogens with one attached hydrogen (secondary N) is 1. The minimum Gasteiger partial charge on any atom is -0.360 e. The molecule has 2 heterocycles. The third kappa shape index (κ3) is 3.90. The lowest BCUT2D eigenvalue weighted by molar-refractivity contribution is 1.36. The zero-order valence-electron chi connectivity index (χ0n) is 14.1. The van der Waals surface area contributed by atoms with Gasteiger partial charge in [-0.3, -0.25) is 4.98 Å². The number of nitrogens with zero attached hydrogens (tertiary/aromatic N) is 3. The Bertz CT molecular complexity index is 1190. The van der Waals surface area contributed by atoms with Gasteiger partial charge in [0.1, 0.15) is 16.6 Å². The number of thiazole rings is 1. The maximum absolute atomic E-state index is 9.54. The lowest BCUT2D eigenvalue weighted by Crippen LogP contribution is -1.91. The summed E-state index contributed by atoms with van der Waals surface area (Å²) >= 11 is 4.93. The van der Waals surface area contributed by atoms with E-state index in [0.29, 0.717) is 10.6 Å². The summed E-state index contributed by atoms with van der Waals surface area (Å²) < 4.78 is 0.998. The van der Waals surface area contributed by atoms with Crippen LogP contribution in [0.2, 0.25) is 0 Å². The van der Waals surface area contributed by atoms with Gasteiger partial charge in [-0.15, -0.1) is 11.3 Å². The van der Waals surface area contributed by atoms with E-state index in [1.54, 1.807) is 12.4 Å². The van der Waals surface area contributed by atoms with Crippen LogP contribution in [0.25, 0.3) is 27.7 Å². The molecule has 1 N–H and O–H groups in total. The van der Waals surface area contributed by atoms with Crippen LogP contribution in [0.15, 0.2) is 76.8 Å². The van der Waals surface area contributed by atoms with Gasteiger partial charge in [0.25, 0.3) is 0 Å². The van der Waals surface area contributed by atoms with E-state index in [1.165, 1.54) is 11.3 Å². The zero-order valence-corrected chi connectivity index (χ0v) is 16.5. The first-order valence-electron chi connectivity index (χ1n) is 8.16. The van der Waals surface area contributed by atoms with Crippen LogP contribution in [0.3, 0.4) is 0 Å². The predicted molar refractivity (Wildman–Crippen MR) is 114 cm³/mol. The first-order chi connectivity index (χ1) is 13.2. The lowest BCUT2D eigenvalue weighted by Gasteiger charge is -2.03. The number of allylic oxidation sites excluding steroid dienone is 1. The molecule has 6 heteroatoms. The Balaban J connectivity index is 1.59. The minimum absolute atomic E-state index is 0.493. The summed E-state index contributed by atoms with van der Waals surface area (Å²) in [6.45, 7) is 0. The van der Waals surface area contributed by atoms with Crippen molar-refractivity contribution in [2.75, 3.05) is 5.32 Å². The molecule has 0 fully saturated rings. The van der Waals surface area contributed by atoms with E-state index in [4.69, 9.17) is 0 Å². The lowest BCUT2D eigenvalue weighted by atomic mass is 10.2. The summed E-state index contributed by atoms with van der Waals surface area (Å²) in [5.74, 6) is 0. The Morgan fingerprint density at radius 2 is 2.07 bits per heavy atom. The molecule has 0 aliphatic heterocycles. The number of pyridine rings is 1. The SMILES string of the molecule is N#CC(=CNc1ccc2ncccc2c1)c1nc(-c2cccc(Br)c2)cs1. The van der Waals surface area contributed by atoms with E-state index in [2.05, 4.69) is 37.3 Å². The molecular weight excluding hydrogens is 420 g/mol. The molecule has 2 aromatic carbocycles. The van der Waals surface area contributed by atoms with Gasteiger partial charge in [-0.05, 0) is 36.4 Å². The Kier molecular flexibility index (Phi) is 4.97. The smallest absolute Gasteiger partial charge is 0.136 e. The Morgan fingerprint density at radius 1 is 1.15 bits per heavy atom. The molecular formula is C21H13BrN4S. The number of fused-ring (bicyclic) bond motifs is 1. The van der Waals surface area contributed by atoms with Crippen LogP contribution < -0.4 is 5.32 Å². The average molecular weight is 433 g/mol. The van der Waals surface area contributed by atoms with Gasteiger partial charge in [0.15, 0.2) is 0 Å². The molecule has 0 aliphatic rings. The van der Waals surface area contributed by atoms with Gasteiger partial charge < -0.3 is 5.32 Å². The van der Waals surface area contributed by atoms with Crippen molar-refractivity contribution in [1.29, 1.82) is 5.26 Å². The fraction of sp³-hybridized carbons (Fsp3) is 0. The first-order valence-corrected chi connectivity index (χ1v) is 9.83. The molecule has 0 unspecified atom stereocenters. The molecule has 0 spiro atoms. The van der Waals surface area contributed by atoms with Crippen LogP contribution in [0, 0.1) is 11.3 Å². The van der Waals surface area contributed by atoms with Crippen molar-refractivity contribution in [2.45, 2.75) is 0 Å². The molecule has 130 valence electrons. The number of nitriles is 1. The number of rotatable bonds is 4. The van der Waals surface area contributed by atoms with Gasteiger partial charge in [0, 0.05) is 38.9 Å². The summed E-state index contributed by atoms with van der Waals surface area (Å²) in [7, 11) is 0. The second-order valence-corrected chi connectivity index (χ2v) is 7.55. The van der Waals surface area contributed by atoms with Crippen molar-refractivity contribution >= 4 is 49.4 Å². The molecule has 0 saturated heterocycles. The van der Waals surface area contributed by atoms with Crippen molar-refractivity contribution in [1.82, 2.24) is 9.97 Å². The standard InChI is InChI=1S/C21H13BrN4S/c22-17-5-1-3-14(9-17)20-13-27-21(26-20)16(11-23)12-25-18-6-7-19-15(10-18)4-2-8-24-19/h1-10,12-13,25H. The molecule has 4 nitrogen and oxygen atoms in total. The number of hydrogen-bond acceptors (Lipinski definition) is 5. The molecule has 4 aromatic rings. The Hall–Kier alpha value is -3.01. The summed E-state index contributed by atoms with van der Waals surface area (Å²) in [5.41, 5.74) is 4.19. The van der Waals surface area contributed by atoms with Gasteiger partial charge in [-0.2, -0.15) is 5.26 Å². The first kappa shape index (κ1) is 17.4. The van der Waals surface area contributed by atoms with Crippen molar-refractivity contribution in [3.8, 4) is 17.3 Å². The van der Waals surface area contributed by atoms with Crippen LogP contribution in [0.5, 0.6) is 0 Å². The zero-order chi connectivity index (χ0) is 18.6. The predicted octanol–water partition coefficient (Wildman–Crippen LogP) is 6.10. The highest BCUT2D eigenvalue weighted by Gasteiger charge is 2.09. The molecule has 0 bridgehead atoms. The van der Waals surface area contributed by atoms with Crippen LogP contribution in [-0.4, -0.2) is 9.97 Å². The summed E-state index contributed by atoms with van der Waals surface area (Å²) in [6, 6.07) is 20.0. The van der Waals surface area contributed by atoms with Crippen molar-refractivity contribution in [2.24, 2.45) is 0 Å². The molecule has 2 aromatic heterocycles. The number of aromatic nitrogens is 2. The number of benzene rings is 2. The van der Waals surface area contributed by atoms with Crippen LogP contribution in [0.4, 0.5) is 5.69 Å². The Morgan fingerprint density at radius 3 is 2.93 bits per heavy atom. The van der Waals surface area contributed by atoms with Gasteiger partial charge in [0.05, 0.1) is 11.2 Å². The molecule has 0 aliphatic carbocycles. The van der Waals surface area contributed by atoms with E-state index >= 15 is 0 Å². The summed E-state index contributed by atoms with van der Waals surface area (Å²) in [5, 5.41) is 16.4. The topological polar surface area (TPSA) is 61.6 Å². The fourth-order valence-corrected chi connectivity index (χ4v) is 3.83. The molecule has 0 saturated carbocycles. The largest absolute Gasteiger partial charge is 0.360 e. The minimum atomic E-state index is 0.493. The number of halogens is 1. The van der Waals surface area contributed by atoms with Crippen molar-refractivity contribution in [3.63, 3.8) is 0 Å². The van der Waals surface area contributed by atoms with E-state index in [-0.39, 0.29) is 0 Å². The van der Waals surface area contributed by atoms with E-state index in [0.717, 1.165) is 32.3 Å². The van der Waals surface area contributed by atoms with E-state index in [9.17, 15) is 5.26 Å². The fourth-order valence-electron chi connectivity index (χ4n) is 2.64. The summed E-state index contributed by atoms with van der Waals surface area (Å²) in [6.07, 6.45) is 3.47. The maximum Gasteiger partial charge on any atom is 0.136 e. The van der Waals surface area contributed by atoms with Gasteiger partial charge in [-0.1, -0.05) is 34.1 Å². The maximum atomic E-state index is 9.54. The Labute approximate surface area is 169 Å². The van der Waals surface area contributed by atoms with Gasteiger partial charge in [-0.25, -0.2) is 4.98 Å². The normalized spacial score (nSPS) is 11.3. The van der Waals surface area contributed by atoms with Crippen molar-refractivity contribution in [3.05, 3.63) is 81.9 Å². The average Bonchev–Trinajstić information content (AvgIpc) is 3.18. The highest BCUT2D eigenvalue weighted by atomic mass is 79.9. The second kappa shape index (κ2) is 7.70. The van der Waals surface area contributed by atoms with Crippen LogP contribution in [-0.2, 0) is 0 Å². The van der Waals surface area contributed by atoms with E-state index < -0.39 is 0 Å². The quantitative estimate of drug-likeness (QED) is 0.395. The van der Waals surface area contributed by atoms with Crippen molar-refractivity contribution < 1.29 is 0 Å². The molecule has 27 heavy (non-hydrogen) atoms. The van der Waals surface area contributed by atoms with Crippen LogP contribution >= 0.6 is 27.3 Å². The highest BCUT2D eigenvalue weighted by molar-refractivity contribution is 9.10. The van der Waals surface area contributed by atoms with Crippen LogP contribution in [0.1, 0.15) is 5.01 Å². The molecule has 0 radical (unpaired) electrons. The second-order valence-electron chi connectivity index (χ2n) is 5.77. The third-order valence-electron chi connectivity index (χ3n) is 3.96. The highest BCUT2D eigenvalue weighted by Crippen LogP contribution is 2.28. The monoisotopic (exact) mass is 432 g/mol. The van der Waals surface area contributed by atoms with Gasteiger partial charge >= 0.3 is 0 Å². The third-order valence-corrected chi connectivity index (χ3v) is 5.33. The number of anilines is 1. The van der Waals surface area contributed by atoms with Gasteiger partial charge in [0.2, 0.25) is 0 Å². The number of hydrogen-bond donors (Lipinski definition) is 1.